The second kappa shape index (κ2) is 8.35. The van der Waals surface area contributed by atoms with Crippen LogP contribution in [0.2, 0.25) is 0 Å². The SMILES string of the molecule is Cl.O=C(NCC(N1CCNCC1)C(F)(F)F)c1ccc2sccc2c1. The van der Waals surface area contributed by atoms with Crippen LogP contribution in [0.4, 0.5) is 13.2 Å². The number of nitrogens with one attached hydrogen (secondary N) is 2. The second-order valence-corrected chi connectivity index (χ2v) is 6.67. The lowest BCUT2D eigenvalue weighted by Gasteiger charge is -2.35. The summed E-state index contributed by atoms with van der Waals surface area (Å²) in [5, 5.41) is 8.30. The molecule has 2 N–H and O–H groups in total. The van der Waals surface area contributed by atoms with E-state index < -0.39 is 24.7 Å². The highest BCUT2D eigenvalue weighted by atomic mass is 35.5. The molecule has 1 aliphatic heterocycles. The summed E-state index contributed by atoms with van der Waals surface area (Å²) in [6.45, 7) is 1.25. The topological polar surface area (TPSA) is 44.4 Å². The molecule has 1 aromatic heterocycles. The molecule has 1 unspecified atom stereocenters. The van der Waals surface area contributed by atoms with E-state index >= 15 is 0 Å². The predicted molar refractivity (Wildman–Crippen MR) is 95.7 cm³/mol. The molecular formula is C16H19ClF3N3OS. The van der Waals surface area contributed by atoms with E-state index in [1.54, 1.807) is 23.5 Å². The average Bonchev–Trinajstić information content (AvgIpc) is 3.02. The fourth-order valence-corrected chi connectivity index (χ4v) is 3.62. The maximum atomic E-state index is 13.3. The van der Waals surface area contributed by atoms with Gasteiger partial charge in [-0.3, -0.25) is 9.69 Å². The minimum atomic E-state index is -4.37. The van der Waals surface area contributed by atoms with E-state index in [4.69, 9.17) is 0 Å². The van der Waals surface area contributed by atoms with Gasteiger partial charge in [-0.05, 0) is 35.0 Å². The van der Waals surface area contributed by atoms with E-state index in [2.05, 4.69) is 10.6 Å². The third kappa shape index (κ3) is 4.84. The summed E-state index contributed by atoms with van der Waals surface area (Å²) < 4.78 is 41.0. The number of benzene rings is 1. The molecule has 9 heteroatoms. The van der Waals surface area contributed by atoms with Crippen molar-refractivity contribution in [1.82, 2.24) is 15.5 Å². The summed E-state index contributed by atoms with van der Waals surface area (Å²) in [4.78, 5) is 13.6. The van der Waals surface area contributed by atoms with Gasteiger partial charge in [0.2, 0.25) is 0 Å². The smallest absolute Gasteiger partial charge is 0.350 e. The fraction of sp³-hybridized carbons (Fsp3) is 0.438. The number of carbonyl (C=O) groups excluding carboxylic acids is 1. The first-order valence-electron chi connectivity index (χ1n) is 7.72. The summed E-state index contributed by atoms with van der Waals surface area (Å²) in [6, 6.07) is 5.38. The molecule has 0 saturated carbocycles. The molecule has 1 aromatic carbocycles. The quantitative estimate of drug-likeness (QED) is 0.839. The minimum absolute atomic E-state index is 0. The van der Waals surface area contributed by atoms with Crippen molar-refractivity contribution in [2.45, 2.75) is 12.2 Å². The van der Waals surface area contributed by atoms with Crippen LogP contribution in [0.3, 0.4) is 0 Å². The van der Waals surface area contributed by atoms with E-state index in [1.807, 2.05) is 17.5 Å². The highest BCUT2D eigenvalue weighted by molar-refractivity contribution is 7.17. The average molecular weight is 394 g/mol. The normalized spacial score (nSPS) is 17.1. The molecule has 138 valence electrons. The maximum Gasteiger partial charge on any atom is 0.405 e. The fourth-order valence-electron chi connectivity index (χ4n) is 2.84. The van der Waals surface area contributed by atoms with Crippen LogP contribution in [-0.4, -0.2) is 55.7 Å². The van der Waals surface area contributed by atoms with Crippen molar-refractivity contribution >= 4 is 39.7 Å². The van der Waals surface area contributed by atoms with Crippen LogP contribution in [0, 0.1) is 0 Å². The Morgan fingerprint density at radius 3 is 2.68 bits per heavy atom. The zero-order valence-corrected chi connectivity index (χ0v) is 14.9. The molecule has 0 spiro atoms. The van der Waals surface area contributed by atoms with E-state index in [0.29, 0.717) is 31.7 Å². The number of nitrogens with zero attached hydrogens (tertiary/aromatic N) is 1. The number of rotatable bonds is 4. The Labute approximate surface area is 153 Å². The monoisotopic (exact) mass is 393 g/mol. The van der Waals surface area contributed by atoms with Crippen LogP contribution in [0.5, 0.6) is 0 Å². The molecule has 1 fully saturated rings. The number of amides is 1. The van der Waals surface area contributed by atoms with Crippen LogP contribution in [0.1, 0.15) is 10.4 Å². The Kier molecular flexibility index (Phi) is 6.67. The molecule has 2 heterocycles. The highest BCUT2D eigenvalue weighted by Gasteiger charge is 2.43. The second-order valence-electron chi connectivity index (χ2n) is 5.73. The Morgan fingerprint density at radius 2 is 2.00 bits per heavy atom. The van der Waals surface area contributed by atoms with E-state index in [9.17, 15) is 18.0 Å². The largest absolute Gasteiger partial charge is 0.405 e. The molecule has 25 heavy (non-hydrogen) atoms. The molecule has 1 saturated heterocycles. The summed E-state index contributed by atoms with van der Waals surface area (Å²) in [5.74, 6) is -0.479. The maximum absolute atomic E-state index is 13.3. The van der Waals surface area contributed by atoms with Gasteiger partial charge in [0.25, 0.3) is 5.91 Å². The standard InChI is InChI=1S/C16H18F3N3OS.ClH/c17-16(18,19)14(22-6-4-20-5-7-22)10-21-15(23)12-1-2-13-11(9-12)3-8-24-13;/h1-3,8-9,14,20H,4-7,10H2,(H,21,23);1H. The summed E-state index contributed by atoms with van der Waals surface area (Å²) in [5.41, 5.74) is 0.377. The van der Waals surface area contributed by atoms with Crippen molar-refractivity contribution in [3.8, 4) is 0 Å². The number of thiophene rings is 1. The first kappa shape index (κ1) is 20.0. The number of hydrogen-bond acceptors (Lipinski definition) is 4. The van der Waals surface area contributed by atoms with Gasteiger partial charge in [0.05, 0.1) is 0 Å². The van der Waals surface area contributed by atoms with Gasteiger partial charge >= 0.3 is 6.18 Å². The number of carbonyl (C=O) groups is 1. The molecule has 0 aliphatic carbocycles. The van der Waals surface area contributed by atoms with Crippen LogP contribution < -0.4 is 10.6 Å². The summed E-state index contributed by atoms with van der Waals surface area (Å²) >= 11 is 1.56. The molecule has 0 radical (unpaired) electrons. The van der Waals surface area contributed by atoms with Gasteiger partial charge in [-0.2, -0.15) is 13.2 Å². The van der Waals surface area contributed by atoms with Crippen molar-refractivity contribution in [1.29, 1.82) is 0 Å². The van der Waals surface area contributed by atoms with Crippen LogP contribution in [-0.2, 0) is 0 Å². The zero-order chi connectivity index (χ0) is 17.2. The third-order valence-corrected chi connectivity index (χ3v) is 5.04. The van der Waals surface area contributed by atoms with Crippen molar-refractivity contribution in [3.63, 3.8) is 0 Å². The van der Waals surface area contributed by atoms with E-state index in [0.717, 1.165) is 10.1 Å². The Morgan fingerprint density at radius 1 is 1.28 bits per heavy atom. The number of fused-ring (bicyclic) bond motifs is 1. The summed E-state index contributed by atoms with van der Waals surface area (Å²) in [7, 11) is 0. The van der Waals surface area contributed by atoms with Crippen LogP contribution >= 0.6 is 23.7 Å². The van der Waals surface area contributed by atoms with Gasteiger partial charge in [-0.25, -0.2) is 0 Å². The molecule has 3 rings (SSSR count). The number of piperazine rings is 1. The van der Waals surface area contributed by atoms with Crippen molar-refractivity contribution < 1.29 is 18.0 Å². The molecule has 1 atom stereocenters. The highest BCUT2D eigenvalue weighted by Crippen LogP contribution is 2.25. The third-order valence-electron chi connectivity index (χ3n) is 4.14. The van der Waals surface area contributed by atoms with Crippen molar-refractivity contribution in [2.24, 2.45) is 0 Å². The first-order chi connectivity index (χ1) is 11.4. The van der Waals surface area contributed by atoms with Gasteiger partial charge in [-0.15, -0.1) is 23.7 Å². The van der Waals surface area contributed by atoms with Crippen molar-refractivity contribution in [2.75, 3.05) is 32.7 Å². The number of halogens is 4. The summed E-state index contributed by atoms with van der Waals surface area (Å²) in [6.07, 6.45) is -4.37. The minimum Gasteiger partial charge on any atom is -0.350 e. The van der Waals surface area contributed by atoms with Crippen LogP contribution in [0.15, 0.2) is 29.6 Å². The Hall–Kier alpha value is -1.35. The lowest BCUT2D eigenvalue weighted by molar-refractivity contribution is -0.183. The number of hydrogen-bond donors (Lipinski definition) is 2. The Balaban J connectivity index is 0.00000225. The molecule has 4 nitrogen and oxygen atoms in total. The van der Waals surface area contributed by atoms with Gasteiger partial charge in [0, 0.05) is 43.0 Å². The Bertz CT molecular complexity index is 716. The molecule has 1 amide bonds. The van der Waals surface area contributed by atoms with Crippen LogP contribution in [0.25, 0.3) is 10.1 Å². The zero-order valence-electron chi connectivity index (χ0n) is 13.3. The van der Waals surface area contributed by atoms with Gasteiger partial charge < -0.3 is 10.6 Å². The first-order valence-corrected chi connectivity index (χ1v) is 8.60. The van der Waals surface area contributed by atoms with Gasteiger partial charge in [0.15, 0.2) is 0 Å². The number of alkyl halides is 3. The lowest BCUT2D eigenvalue weighted by Crippen LogP contribution is -2.57. The predicted octanol–water partition coefficient (Wildman–Crippen LogP) is 2.89. The molecule has 0 bridgehead atoms. The van der Waals surface area contributed by atoms with E-state index in [1.165, 1.54) is 4.90 Å². The molecule has 1 aliphatic rings. The van der Waals surface area contributed by atoms with Crippen molar-refractivity contribution in [3.05, 3.63) is 35.2 Å². The van der Waals surface area contributed by atoms with E-state index in [-0.39, 0.29) is 12.4 Å². The van der Waals surface area contributed by atoms with Gasteiger partial charge in [-0.1, -0.05) is 0 Å². The lowest BCUT2D eigenvalue weighted by atomic mass is 10.1. The molecule has 2 aromatic rings. The van der Waals surface area contributed by atoms with Gasteiger partial charge in [0.1, 0.15) is 6.04 Å². The molecular weight excluding hydrogens is 375 g/mol.